The van der Waals surface area contributed by atoms with Gasteiger partial charge in [-0.15, -0.1) is 0 Å². The number of nitrogens with zero attached hydrogens (tertiary/aromatic N) is 4. The van der Waals surface area contributed by atoms with Gasteiger partial charge in [-0.1, -0.05) is 18.2 Å². The Morgan fingerprint density at radius 1 is 0.885 bits per heavy atom. The number of benzene rings is 1. The quantitative estimate of drug-likeness (QED) is 0.617. The number of nitrogens with one attached hydrogen (secondary N) is 1. The summed E-state index contributed by atoms with van der Waals surface area (Å²) < 4.78 is 0. The summed E-state index contributed by atoms with van der Waals surface area (Å²) in [6, 6.07) is 15.0. The Balaban J connectivity index is 1.54. The minimum Gasteiger partial charge on any atom is -0.346 e. The van der Waals surface area contributed by atoms with Crippen molar-refractivity contribution in [2.45, 2.75) is 6.54 Å². The van der Waals surface area contributed by atoms with Gasteiger partial charge >= 0.3 is 0 Å². The molecule has 0 spiro atoms. The second-order valence-electron chi connectivity index (χ2n) is 5.67. The number of carbonyl (C=O) groups is 1. The van der Waals surface area contributed by atoms with E-state index in [2.05, 4.69) is 25.3 Å². The highest BCUT2D eigenvalue weighted by Gasteiger charge is 2.11. The van der Waals surface area contributed by atoms with Crippen molar-refractivity contribution in [3.05, 3.63) is 84.6 Å². The first-order valence-corrected chi connectivity index (χ1v) is 8.15. The molecular formula is C20H15N5O. The van der Waals surface area contributed by atoms with Crippen LogP contribution in [0.1, 0.15) is 16.1 Å². The molecule has 0 fully saturated rings. The fourth-order valence-electron chi connectivity index (χ4n) is 2.68. The first-order valence-electron chi connectivity index (χ1n) is 8.15. The molecule has 4 rings (SSSR count). The highest BCUT2D eigenvalue weighted by Crippen LogP contribution is 2.20. The molecule has 3 aromatic heterocycles. The van der Waals surface area contributed by atoms with E-state index in [0.717, 1.165) is 22.3 Å². The third-order valence-electron chi connectivity index (χ3n) is 3.97. The van der Waals surface area contributed by atoms with Crippen LogP contribution in [0.25, 0.3) is 22.3 Å². The first kappa shape index (κ1) is 15.8. The number of aromatic nitrogens is 4. The first-order chi connectivity index (χ1) is 12.8. The summed E-state index contributed by atoms with van der Waals surface area (Å²) in [5, 5.41) is 2.89. The number of hydrogen-bond donors (Lipinski definition) is 1. The number of hydrogen-bond acceptors (Lipinski definition) is 5. The number of para-hydroxylation sites is 2. The van der Waals surface area contributed by atoms with E-state index in [0.29, 0.717) is 12.1 Å². The number of amides is 1. The maximum absolute atomic E-state index is 12.5. The Kier molecular flexibility index (Phi) is 4.30. The van der Waals surface area contributed by atoms with Gasteiger partial charge in [-0.05, 0) is 35.9 Å². The molecule has 0 atom stereocenters. The minimum absolute atomic E-state index is 0.271. The van der Waals surface area contributed by atoms with Crippen LogP contribution in [-0.2, 0) is 6.54 Å². The van der Waals surface area contributed by atoms with Gasteiger partial charge in [-0.2, -0.15) is 0 Å². The summed E-state index contributed by atoms with van der Waals surface area (Å²) in [5.41, 5.74) is 4.43. The Morgan fingerprint density at radius 2 is 1.69 bits per heavy atom. The predicted octanol–water partition coefficient (Wildman–Crippen LogP) is 3.02. The molecule has 126 valence electrons. The number of carbonyl (C=O) groups excluding carboxylic acids is 1. The normalized spacial score (nSPS) is 10.6. The zero-order chi connectivity index (χ0) is 17.8. The molecule has 3 heterocycles. The Morgan fingerprint density at radius 3 is 2.54 bits per heavy atom. The van der Waals surface area contributed by atoms with Crippen LogP contribution in [0, 0.1) is 0 Å². The van der Waals surface area contributed by atoms with E-state index in [9.17, 15) is 4.79 Å². The maximum Gasteiger partial charge on any atom is 0.271 e. The second kappa shape index (κ2) is 7.06. The van der Waals surface area contributed by atoms with Crippen LogP contribution >= 0.6 is 0 Å². The zero-order valence-electron chi connectivity index (χ0n) is 13.8. The fraction of sp³-hybridized carbons (Fsp3) is 0.0500. The average Bonchev–Trinajstić information content (AvgIpc) is 2.72. The Hall–Kier alpha value is -3.67. The molecule has 0 aliphatic carbocycles. The molecule has 0 bridgehead atoms. The third-order valence-corrected chi connectivity index (χ3v) is 3.97. The van der Waals surface area contributed by atoms with E-state index < -0.39 is 0 Å². The second-order valence-corrected chi connectivity index (χ2v) is 5.67. The molecule has 1 aromatic carbocycles. The van der Waals surface area contributed by atoms with Gasteiger partial charge in [-0.25, -0.2) is 4.98 Å². The van der Waals surface area contributed by atoms with Crippen LogP contribution < -0.4 is 5.32 Å². The van der Waals surface area contributed by atoms with E-state index in [4.69, 9.17) is 0 Å². The van der Waals surface area contributed by atoms with Crippen LogP contribution in [0.5, 0.6) is 0 Å². The Bertz CT molecular complexity index is 1070. The Labute approximate surface area is 150 Å². The van der Waals surface area contributed by atoms with Crippen molar-refractivity contribution in [2.24, 2.45) is 0 Å². The summed E-state index contributed by atoms with van der Waals surface area (Å²) in [7, 11) is 0. The lowest BCUT2D eigenvalue weighted by atomic mass is 10.1. The molecule has 1 amide bonds. The van der Waals surface area contributed by atoms with Gasteiger partial charge in [0.05, 0.1) is 22.9 Å². The van der Waals surface area contributed by atoms with Gasteiger partial charge in [0.25, 0.3) is 5.91 Å². The van der Waals surface area contributed by atoms with E-state index in [1.54, 1.807) is 18.6 Å². The predicted molar refractivity (Wildman–Crippen MR) is 98.2 cm³/mol. The van der Waals surface area contributed by atoms with Gasteiger partial charge in [-0.3, -0.25) is 19.7 Å². The summed E-state index contributed by atoms with van der Waals surface area (Å²) in [5.74, 6) is -0.271. The van der Waals surface area contributed by atoms with Gasteiger partial charge in [0.2, 0.25) is 0 Å². The molecule has 26 heavy (non-hydrogen) atoms. The smallest absolute Gasteiger partial charge is 0.271 e. The highest BCUT2D eigenvalue weighted by molar-refractivity contribution is 5.93. The minimum atomic E-state index is -0.271. The maximum atomic E-state index is 12.5. The lowest BCUT2D eigenvalue weighted by Crippen LogP contribution is -2.24. The lowest BCUT2D eigenvalue weighted by Gasteiger charge is -2.10. The van der Waals surface area contributed by atoms with Gasteiger partial charge in [0.1, 0.15) is 5.69 Å². The molecule has 0 aliphatic heterocycles. The molecule has 0 radical (unpaired) electrons. The molecular weight excluding hydrogens is 326 g/mol. The van der Waals surface area contributed by atoms with Crippen molar-refractivity contribution in [2.75, 3.05) is 0 Å². The molecule has 0 saturated heterocycles. The van der Waals surface area contributed by atoms with Crippen molar-refractivity contribution in [1.29, 1.82) is 0 Å². The highest BCUT2D eigenvalue weighted by atomic mass is 16.1. The van der Waals surface area contributed by atoms with E-state index in [-0.39, 0.29) is 11.6 Å². The molecule has 4 aromatic rings. The number of rotatable bonds is 4. The molecule has 0 unspecified atom stereocenters. The average molecular weight is 341 g/mol. The van der Waals surface area contributed by atoms with Crippen LogP contribution in [0.3, 0.4) is 0 Å². The summed E-state index contributed by atoms with van der Waals surface area (Å²) in [6.07, 6.45) is 6.66. The van der Waals surface area contributed by atoms with Crippen LogP contribution in [-0.4, -0.2) is 25.8 Å². The SMILES string of the molecule is O=C(NCc1cccnc1-c1ccncc1)c1cnc2ccccc2n1. The monoisotopic (exact) mass is 341 g/mol. The number of fused-ring (bicyclic) bond motifs is 1. The topological polar surface area (TPSA) is 80.7 Å². The molecule has 1 N–H and O–H groups in total. The summed E-state index contributed by atoms with van der Waals surface area (Å²) in [4.78, 5) is 29.6. The van der Waals surface area contributed by atoms with Crippen LogP contribution in [0.2, 0.25) is 0 Å². The van der Waals surface area contributed by atoms with E-state index in [1.165, 1.54) is 6.20 Å². The molecule has 0 saturated carbocycles. The van der Waals surface area contributed by atoms with Crippen molar-refractivity contribution in [1.82, 2.24) is 25.3 Å². The molecule has 6 heteroatoms. The van der Waals surface area contributed by atoms with Gasteiger partial charge in [0, 0.05) is 30.7 Å². The molecule has 0 aliphatic rings. The standard InChI is InChI=1S/C20H15N5O/c26-20(18-13-23-16-5-1-2-6-17(16)25-18)24-12-15-4-3-9-22-19(15)14-7-10-21-11-8-14/h1-11,13H,12H2,(H,24,26). The number of pyridine rings is 2. The third kappa shape index (κ3) is 3.25. The fourth-order valence-corrected chi connectivity index (χ4v) is 2.68. The lowest BCUT2D eigenvalue weighted by molar-refractivity contribution is 0.0946. The zero-order valence-corrected chi connectivity index (χ0v) is 13.8. The van der Waals surface area contributed by atoms with Crippen molar-refractivity contribution < 1.29 is 4.79 Å². The van der Waals surface area contributed by atoms with Crippen LogP contribution in [0.15, 0.2) is 73.3 Å². The van der Waals surface area contributed by atoms with E-state index in [1.807, 2.05) is 48.5 Å². The summed E-state index contributed by atoms with van der Waals surface area (Å²) in [6.45, 7) is 0.346. The summed E-state index contributed by atoms with van der Waals surface area (Å²) >= 11 is 0. The van der Waals surface area contributed by atoms with Gasteiger partial charge in [0.15, 0.2) is 0 Å². The largest absolute Gasteiger partial charge is 0.346 e. The van der Waals surface area contributed by atoms with E-state index >= 15 is 0 Å². The van der Waals surface area contributed by atoms with Gasteiger partial charge < -0.3 is 5.32 Å². The van der Waals surface area contributed by atoms with Crippen molar-refractivity contribution in [3.8, 4) is 11.3 Å². The van der Waals surface area contributed by atoms with Crippen LogP contribution in [0.4, 0.5) is 0 Å². The van der Waals surface area contributed by atoms with Crippen molar-refractivity contribution >= 4 is 16.9 Å². The van der Waals surface area contributed by atoms with Crippen molar-refractivity contribution in [3.63, 3.8) is 0 Å². The molecule has 6 nitrogen and oxygen atoms in total.